The predicted molar refractivity (Wildman–Crippen MR) is 100 cm³/mol. The molecule has 5 nitrogen and oxygen atoms in total. The second-order valence-corrected chi connectivity index (χ2v) is 5.66. The number of halogens is 1. The number of rotatable bonds is 7. The Bertz CT molecular complexity index is 730. The van der Waals surface area contributed by atoms with E-state index in [9.17, 15) is 4.79 Å². The first-order valence-electron chi connectivity index (χ1n) is 7.80. The summed E-state index contributed by atoms with van der Waals surface area (Å²) < 4.78 is 10.5. The van der Waals surface area contributed by atoms with Crippen LogP contribution in [0, 0.1) is 0 Å². The molecule has 0 radical (unpaired) electrons. The molecule has 0 bridgehead atoms. The van der Waals surface area contributed by atoms with E-state index in [0.717, 1.165) is 11.1 Å². The first-order valence-corrected chi connectivity index (χ1v) is 8.17. The SMILES string of the molecule is COc1ccc(CCNC(=O)N/C=C/c2ccc(Cl)cc2)cc1OC. The maximum absolute atomic E-state index is 11.8. The zero-order valence-electron chi connectivity index (χ0n) is 14.2. The fourth-order valence-corrected chi connectivity index (χ4v) is 2.32. The number of urea groups is 1. The molecule has 0 atom stereocenters. The van der Waals surface area contributed by atoms with Gasteiger partial charge in [0.1, 0.15) is 0 Å². The number of amides is 2. The van der Waals surface area contributed by atoms with E-state index in [0.29, 0.717) is 29.5 Å². The second-order valence-electron chi connectivity index (χ2n) is 5.22. The van der Waals surface area contributed by atoms with Gasteiger partial charge in [-0.1, -0.05) is 29.8 Å². The molecule has 0 saturated heterocycles. The zero-order chi connectivity index (χ0) is 18.1. The highest BCUT2D eigenvalue weighted by Gasteiger charge is 2.05. The van der Waals surface area contributed by atoms with Crippen molar-refractivity contribution in [1.82, 2.24) is 10.6 Å². The number of nitrogens with one attached hydrogen (secondary N) is 2. The summed E-state index contributed by atoms with van der Waals surface area (Å²) in [5, 5.41) is 6.14. The Hall–Kier alpha value is -2.66. The maximum Gasteiger partial charge on any atom is 0.318 e. The van der Waals surface area contributed by atoms with Crippen molar-refractivity contribution < 1.29 is 14.3 Å². The topological polar surface area (TPSA) is 59.6 Å². The summed E-state index contributed by atoms with van der Waals surface area (Å²) >= 11 is 5.82. The summed E-state index contributed by atoms with van der Waals surface area (Å²) in [6, 6.07) is 12.8. The van der Waals surface area contributed by atoms with Crippen molar-refractivity contribution >= 4 is 23.7 Å². The van der Waals surface area contributed by atoms with Crippen molar-refractivity contribution in [3.05, 3.63) is 64.8 Å². The molecule has 0 aliphatic carbocycles. The number of hydrogen-bond donors (Lipinski definition) is 2. The van der Waals surface area contributed by atoms with Gasteiger partial charge in [0.15, 0.2) is 11.5 Å². The van der Waals surface area contributed by atoms with Gasteiger partial charge in [-0.15, -0.1) is 0 Å². The van der Waals surface area contributed by atoms with E-state index in [-0.39, 0.29) is 6.03 Å². The van der Waals surface area contributed by atoms with Crippen molar-refractivity contribution in [1.29, 1.82) is 0 Å². The van der Waals surface area contributed by atoms with Gasteiger partial charge in [-0.3, -0.25) is 0 Å². The van der Waals surface area contributed by atoms with Gasteiger partial charge >= 0.3 is 6.03 Å². The lowest BCUT2D eigenvalue weighted by molar-refractivity contribution is 0.244. The molecule has 0 heterocycles. The van der Waals surface area contributed by atoms with Crippen LogP contribution in [0.25, 0.3) is 6.08 Å². The highest BCUT2D eigenvalue weighted by atomic mass is 35.5. The predicted octanol–water partition coefficient (Wildman–Crippen LogP) is 3.87. The van der Waals surface area contributed by atoms with Crippen LogP contribution in [0.2, 0.25) is 5.02 Å². The van der Waals surface area contributed by atoms with E-state index in [1.165, 1.54) is 0 Å². The van der Waals surface area contributed by atoms with E-state index in [4.69, 9.17) is 21.1 Å². The molecule has 25 heavy (non-hydrogen) atoms. The molecular weight excluding hydrogens is 340 g/mol. The quantitative estimate of drug-likeness (QED) is 0.788. The second kappa shape index (κ2) is 9.59. The Labute approximate surface area is 152 Å². The summed E-state index contributed by atoms with van der Waals surface area (Å²) in [6.07, 6.45) is 4.08. The molecule has 6 heteroatoms. The first kappa shape index (κ1) is 18.7. The normalized spacial score (nSPS) is 10.5. The molecule has 0 aliphatic rings. The Morgan fingerprint density at radius 1 is 1.08 bits per heavy atom. The molecule has 132 valence electrons. The molecular formula is C19H21ClN2O3. The van der Waals surface area contributed by atoms with Crippen LogP contribution in [0.15, 0.2) is 48.7 Å². The molecule has 0 unspecified atom stereocenters. The minimum absolute atomic E-state index is 0.259. The zero-order valence-corrected chi connectivity index (χ0v) is 15.0. The Kier molecular flexibility index (Phi) is 7.16. The van der Waals surface area contributed by atoms with Crippen molar-refractivity contribution in [2.75, 3.05) is 20.8 Å². The fourth-order valence-electron chi connectivity index (χ4n) is 2.20. The third-order valence-corrected chi connectivity index (χ3v) is 3.76. The van der Waals surface area contributed by atoms with Crippen LogP contribution in [0.1, 0.15) is 11.1 Å². The third kappa shape index (κ3) is 6.04. The van der Waals surface area contributed by atoms with Crippen molar-refractivity contribution in [2.24, 2.45) is 0 Å². The molecule has 0 spiro atoms. The molecule has 0 fully saturated rings. The van der Waals surface area contributed by atoms with Crippen molar-refractivity contribution in [3.8, 4) is 11.5 Å². The molecule has 2 aromatic rings. The lowest BCUT2D eigenvalue weighted by Gasteiger charge is -2.10. The Morgan fingerprint density at radius 2 is 1.80 bits per heavy atom. The molecule has 2 aromatic carbocycles. The molecule has 0 saturated carbocycles. The highest BCUT2D eigenvalue weighted by Crippen LogP contribution is 2.27. The van der Waals surface area contributed by atoms with E-state index >= 15 is 0 Å². The summed E-state index contributed by atoms with van der Waals surface area (Å²) in [6.45, 7) is 0.510. The van der Waals surface area contributed by atoms with Gasteiger partial charge in [0.2, 0.25) is 0 Å². The van der Waals surface area contributed by atoms with Gasteiger partial charge in [-0.05, 0) is 47.9 Å². The molecule has 0 aromatic heterocycles. The minimum Gasteiger partial charge on any atom is -0.493 e. The van der Waals surface area contributed by atoms with Crippen LogP contribution in [0.3, 0.4) is 0 Å². The molecule has 2 rings (SSSR count). The lowest BCUT2D eigenvalue weighted by atomic mass is 10.1. The van der Waals surface area contributed by atoms with E-state index in [1.54, 1.807) is 38.6 Å². The lowest BCUT2D eigenvalue weighted by Crippen LogP contribution is -2.33. The van der Waals surface area contributed by atoms with E-state index in [2.05, 4.69) is 10.6 Å². The monoisotopic (exact) mass is 360 g/mol. The van der Waals surface area contributed by atoms with Gasteiger partial charge in [0, 0.05) is 17.8 Å². The largest absolute Gasteiger partial charge is 0.493 e. The van der Waals surface area contributed by atoms with Crippen molar-refractivity contribution in [2.45, 2.75) is 6.42 Å². The van der Waals surface area contributed by atoms with Crippen LogP contribution < -0.4 is 20.1 Å². The average molecular weight is 361 g/mol. The van der Waals surface area contributed by atoms with Gasteiger partial charge < -0.3 is 20.1 Å². The number of benzene rings is 2. The first-order chi connectivity index (χ1) is 12.1. The number of carbonyl (C=O) groups excluding carboxylic acids is 1. The Morgan fingerprint density at radius 3 is 2.48 bits per heavy atom. The highest BCUT2D eigenvalue weighted by molar-refractivity contribution is 6.30. The molecule has 2 N–H and O–H groups in total. The number of hydrogen-bond acceptors (Lipinski definition) is 3. The maximum atomic E-state index is 11.8. The summed E-state index contributed by atoms with van der Waals surface area (Å²) in [7, 11) is 3.20. The Balaban J connectivity index is 1.76. The number of carbonyl (C=O) groups is 1. The van der Waals surface area contributed by atoms with E-state index in [1.807, 2.05) is 30.3 Å². The average Bonchev–Trinajstić information content (AvgIpc) is 2.63. The van der Waals surface area contributed by atoms with Crippen LogP contribution in [0.5, 0.6) is 11.5 Å². The third-order valence-electron chi connectivity index (χ3n) is 3.51. The molecule has 0 aliphatic heterocycles. The summed E-state index contributed by atoms with van der Waals surface area (Å²) in [5.41, 5.74) is 2.00. The fraction of sp³-hybridized carbons (Fsp3) is 0.211. The van der Waals surface area contributed by atoms with Gasteiger partial charge in [0.25, 0.3) is 0 Å². The number of ether oxygens (including phenoxy) is 2. The standard InChI is InChI=1S/C19H21ClN2O3/c1-24-17-8-5-15(13-18(17)25-2)10-12-22-19(23)21-11-9-14-3-6-16(20)7-4-14/h3-9,11,13H,10,12H2,1-2H3,(H2,21,22,23)/b11-9+. The van der Waals surface area contributed by atoms with Crippen molar-refractivity contribution in [3.63, 3.8) is 0 Å². The number of methoxy groups -OCH3 is 2. The van der Waals surface area contributed by atoms with Crippen LogP contribution in [-0.4, -0.2) is 26.8 Å². The van der Waals surface area contributed by atoms with Crippen LogP contribution in [0.4, 0.5) is 4.79 Å². The van der Waals surface area contributed by atoms with Gasteiger partial charge in [0.05, 0.1) is 14.2 Å². The summed E-state index contributed by atoms with van der Waals surface area (Å²) in [4.78, 5) is 11.8. The van der Waals surface area contributed by atoms with Crippen LogP contribution >= 0.6 is 11.6 Å². The molecule has 2 amide bonds. The smallest absolute Gasteiger partial charge is 0.318 e. The minimum atomic E-state index is -0.259. The van der Waals surface area contributed by atoms with Gasteiger partial charge in [-0.2, -0.15) is 0 Å². The van der Waals surface area contributed by atoms with Crippen LogP contribution in [-0.2, 0) is 6.42 Å². The van der Waals surface area contributed by atoms with Gasteiger partial charge in [-0.25, -0.2) is 4.79 Å². The summed E-state index contributed by atoms with van der Waals surface area (Å²) in [5.74, 6) is 1.36. The van der Waals surface area contributed by atoms with E-state index < -0.39 is 0 Å².